The molecule has 21 heavy (non-hydrogen) atoms. The molecule has 4 nitrogen and oxygen atoms in total. The molecular weight excluding hydrogens is 260 g/mol. The first-order valence-electron chi connectivity index (χ1n) is 7.55. The Balaban J connectivity index is 2.44. The molecule has 0 spiro atoms. The maximum atomic E-state index is 5.73. The van der Waals surface area contributed by atoms with E-state index < -0.39 is 0 Å². The molecule has 0 fully saturated rings. The normalized spacial score (nSPS) is 12.4. The fourth-order valence-electron chi connectivity index (χ4n) is 2.50. The van der Waals surface area contributed by atoms with E-state index in [0.29, 0.717) is 12.5 Å². The standard InChI is InChI=1S/C17H24N4/c1-5-14-7-6-8-19-16(14)17-20-12(3)15(13(4)21-17)9-11(2)10-18/h6-8,11H,5,9-10,18H2,1-4H3. The van der Waals surface area contributed by atoms with Gasteiger partial charge in [0, 0.05) is 17.6 Å². The summed E-state index contributed by atoms with van der Waals surface area (Å²) in [5, 5.41) is 0. The average Bonchev–Trinajstić information content (AvgIpc) is 2.50. The van der Waals surface area contributed by atoms with Gasteiger partial charge in [-0.25, -0.2) is 9.97 Å². The van der Waals surface area contributed by atoms with Crippen LogP contribution in [0.5, 0.6) is 0 Å². The van der Waals surface area contributed by atoms with E-state index in [1.54, 1.807) is 6.20 Å². The summed E-state index contributed by atoms with van der Waals surface area (Å²) in [5.74, 6) is 1.17. The lowest BCUT2D eigenvalue weighted by Gasteiger charge is -2.14. The van der Waals surface area contributed by atoms with E-state index in [-0.39, 0.29) is 0 Å². The first-order valence-corrected chi connectivity index (χ1v) is 7.55. The van der Waals surface area contributed by atoms with Crippen LogP contribution in [0.4, 0.5) is 0 Å². The second-order valence-corrected chi connectivity index (χ2v) is 5.61. The first kappa shape index (κ1) is 15.6. The molecule has 2 aromatic rings. The molecule has 0 aliphatic heterocycles. The molecule has 2 heterocycles. The van der Waals surface area contributed by atoms with Gasteiger partial charge < -0.3 is 5.73 Å². The van der Waals surface area contributed by atoms with E-state index in [4.69, 9.17) is 5.73 Å². The van der Waals surface area contributed by atoms with Crippen LogP contribution in [0.25, 0.3) is 11.5 Å². The second kappa shape index (κ2) is 6.76. The number of hydrogen-bond donors (Lipinski definition) is 1. The van der Waals surface area contributed by atoms with Crippen LogP contribution in [-0.2, 0) is 12.8 Å². The summed E-state index contributed by atoms with van der Waals surface area (Å²) >= 11 is 0. The Labute approximate surface area is 126 Å². The molecule has 112 valence electrons. The largest absolute Gasteiger partial charge is 0.330 e. The van der Waals surface area contributed by atoms with Crippen molar-refractivity contribution in [3.05, 3.63) is 40.8 Å². The van der Waals surface area contributed by atoms with Crippen LogP contribution in [0.2, 0.25) is 0 Å². The SMILES string of the molecule is CCc1cccnc1-c1nc(C)c(CC(C)CN)c(C)n1. The lowest BCUT2D eigenvalue weighted by Crippen LogP contribution is -2.15. The van der Waals surface area contributed by atoms with Crippen LogP contribution in [0.1, 0.15) is 36.4 Å². The minimum Gasteiger partial charge on any atom is -0.330 e. The van der Waals surface area contributed by atoms with Crippen molar-refractivity contribution in [3.8, 4) is 11.5 Å². The number of nitrogens with zero attached hydrogens (tertiary/aromatic N) is 3. The molecule has 0 saturated heterocycles. The predicted octanol–water partition coefficient (Wildman–Crippen LogP) is 2.86. The van der Waals surface area contributed by atoms with Gasteiger partial charge in [0.1, 0.15) is 5.69 Å². The summed E-state index contributed by atoms with van der Waals surface area (Å²) in [5.41, 5.74) is 11.1. The number of pyridine rings is 1. The van der Waals surface area contributed by atoms with Crippen LogP contribution < -0.4 is 5.73 Å². The molecule has 2 rings (SSSR count). The van der Waals surface area contributed by atoms with Gasteiger partial charge in [0.2, 0.25) is 0 Å². The van der Waals surface area contributed by atoms with Crippen molar-refractivity contribution >= 4 is 0 Å². The van der Waals surface area contributed by atoms with Gasteiger partial charge in [0.05, 0.1) is 0 Å². The summed E-state index contributed by atoms with van der Waals surface area (Å²) < 4.78 is 0. The highest BCUT2D eigenvalue weighted by molar-refractivity contribution is 5.55. The third-order valence-corrected chi connectivity index (χ3v) is 3.86. The van der Waals surface area contributed by atoms with Crippen LogP contribution in [0, 0.1) is 19.8 Å². The van der Waals surface area contributed by atoms with E-state index in [1.807, 2.05) is 19.9 Å². The van der Waals surface area contributed by atoms with Crippen molar-refractivity contribution in [1.82, 2.24) is 15.0 Å². The Morgan fingerprint density at radius 1 is 1.19 bits per heavy atom. The fraction of sp³-hybridized carbons (Fsp3) is 0.471. The lowest BCUT2D eigenvalue weighted by atomic mass is 9.98. The van der Waals surface area contributed by atoms with Gasteiger partial charge in [0.25, 0.3) is 0 Å². The van der Waals surface area contributed by atoms with Crippen LogP contribution in [0.15, 0.2) is 18.3 Å². The number of aromatic nitrogens is 3. The van der Waals surface area contributed by atoms with Crippen molar-refractivity contribution in [2.45, 2.75) is 40.5 Å². The quantitative estimate of drug-likeness (QED) is 0.917. The zero-order chi connectivity index (χ0) is 15.4. The maximum absolute atomic E-state index is 5.73. The Bertz CT molecular complexity index is 599. The highest BCUT2D eigenvalue weighted by atomic mass is 14.9. The Kier molecular flexibility index (Phi) is 5.02. The molecule has 0 bridgehead atoms. The number of aryl methyl sites for hydroxylation is 3. The van der Waals surface area contributed by atoms with Crippen molar-refractivity contribution in [3.63, 3.8) is 0 Å². The minimum absolute atomic E-state index is 0.443. The molecule has 2 aromatic heterocycles. The van der Waals surface area contributed by atoms with Crippen molar-refractivity contribution in [2.24, 2.45) is 11.7 Å². The summed E-state index contributed by atoms with van der Waals surface area (Å²) in [7, 11) is 0. The highest BCUT2D eigenvalue weighted by Crippen LogP contribution is 2.22. The van der Waals surface area contributed by atoms with Crippen molar-refractivity contribution in [2.75, 3.05) is 6.54 Å². The number of rotatable bonds is 5. The van der Waals surface area contributed by atoms with Gasteiger partial charge in [-0.15, -0.1) is 0 Å². The van der Waals surface area contributed by atoms with Crippen LogP contribution in [-0.4, -0.2) is 21.5 Å². The Morgan fingerprint density at radius 2 is 1.86 bits per heavy atom. The van der Waals surface area contributed by atoms with E-state index in [0.717, 1.165) is 35.7 Å². The smallest absolute Gasteiger partial charge is 0.178 e. The molecule has 0 aliphatic rings. The molecule has 1 unspecified atom stereocenters. The van der Waals surface area contributed by atoms with Gasteiger partial charge in [-0.05, 0) is 56.3 Å². The summed E-state index contributed by atoms with van der Waals surface area (Å²) in [6.07, 6.45) is 3.65. The maximum Gasteiger partial charge on any atom is 0.178 e. The van der Waals surface area contributed by atoms with Gasteiger partial charge >= 0.3 is 0 Å². The molecule has 0 saturated carbocycles. The predicted molar refractivity (Wildman–Crippen MR) is 86.0 cm³/mol. The first-order chi connectivity index (χ1) is 10.1. The average molecular weight is 284 g/mol. The Hall–Kier alpha value is -1.81. The molecular formula is C17H24N4. The molecule has 0 aromatic carbocycles. The fourth-order valence-corrected chi connectivity index (χ4v) is 2.50. The van der Waals surface area contributed by atoms with Crippen molar-refractivity contribution in [1.29, 1.82) is 0 Å². The van der Waals surface area contributed by atoms with Gasteiger partial charge in [-0.2, -0.15) is 0 Å². The summed E-state index contributed by atoms with van der Waals surface area (Å²) in [4.78, 5) is 13.8. The molecule has 0 radical (unpaired) electrons. The van der Waals surface area contributed by atoms with Gasteiger partial charge in [-0.1, -0.05) is 19.9 Å². The topological polar surface area (TPSA) is 64.7 Å². The summed E-state index contributed by atoms with van der Waals surface area (Å²) in [6.45, 7) is 9.05. The third kappa shape index (κ3) is 3.45. The van der Waals surface area contributed by atoms with Crippen LogP contribution >= 0.6 is 0 Å². The number of hydrogen-bond acceptors (Lipinski definition) is 4. The monoisotopic (exact) mass is 284 g/mol. The molecule has 0 aliphatic carbocycles. The number of nitrogens with two attached hydrogens (primary N) is 1. The Morgan fingerprint density at radius 3 is 2.43 bits per heavy atom. The summed E-state index contributed by atoms with van der Waals surface area (Å²) in [6, 6.07) is 4.04. The zero-order valence-electron chi connectivity index (χ0n) is 13.3. The molecule has 1 atom stereocenters. The second-order valence-electron chi connectivity index (χ2n) is 5.61. The zero-order valence-corrected chi connectivity index (χ0v) is 13.3. The van der Waals surface area contributed by atoms with Gasteiger partial charge in [-0.3, -0.25) is 4.98 Å². The van der Waals surface area contributed by atoms with Crippen molar-refractivity contribution < 1.29 is 0 Å². The minimum atomic E-state index is 0.443. The molecule has 0 amide bonds. The highest BCUT2D eigenvalue weighted by Gasteiger charge is 2.14. The van der Waals surface area contributed by atoms with E-state index in [9.17, 15) is 0 Å². The molecule has 2 N–H and O–H groups in total. The van der Waals surface area contributed by atoms with E-state index in [2.05, 4.69) is 34.9 Å². The molecule has 4 heteroatoms. The lowest BCUT2D eigenvalue weighted by molar-refractivity contribution is 0.586. The van der Waals surface area contributed by atoms with Crippen LogP contribution in [0.3, 0.4) is 0 Å². The van der Waals surface area contributed by atoms with Gasteiger partial charge in [0.15, 0.2) is 5.82 Å². The third-order valence-electron chi connectivity index (χ3n) is 3.86. The van der Waals surface area contributed by atoms with E-state index in [1.165, 1.54) is 11.1 Å². The van der Waals surface area contributed by atoms with E-state index >= 15 is 0 Å².